The molecule has 0 spiro atoms. The monoisotopic (exact) mass is 688 g/mol. The first-order valence-corrected chi connectivity index (χ1v) is 18.1. The molecular formula is C48H28N6. The molecule has 250 valence electrons. The highest BCUT2D eigenvalue weighted by Crippen LogP contribution is 2.37. The Kier molecular flexibility index (Phi) is 5.96. The molecule has 0 atom stereocenters. The van der Waals surface area contributed by atoms with Gasteiger partial charge >= 0.3 is 0 Å². The van der Waals surface area contributed by atoms with Gasteiger partial charge in [0.1, 0.15) is 11.3 Å². The highest BCUT2D eigenvalue weighted by molar-refractivity contribution is 6.15. The molecule has 54 heavy (non-hydrogen) atoms. The number of nitrogens with zero attached hydrogens (tertiary/aromatic N) is 6. The first kappa shape index (κ1) is 29.2. The average molecular weight is 689 g/mol. The maximum absolute atomic E-state index is 5.12. The van der Waals surface area contributed by atoms with Crippen molar-refractivity contribution in [2.24, 2.45) is 0 Å². The summed E-state index contributed by atoms with van der Waals surface area (Å²) < 4.78 is 4.56. The van der Waals surface area contributed by atoms with E-state index >= 15 is 0 Å². The molecule has 0 bridgehead atoms. The van der Waals surface area contributed by atoms with Crippen molar-refractivity contribution in [2.75, 3.05) is 0 Å². The van der Waals surface area contributed by atoms with E-state index < -0.39 is 0 Å². The van der Waals surface area contributed by atoms with E-state index in [0.29, 0.717) is 0 Å². The van der Waals surface area contributed by atoms with E-state index in [9.17, 15) is 0 Å². The summed E-state index contributed by atoms with van der Waals surface area (Å²) in [5.74, 6) is 0. The number of hydrogen-bond acceptors (Lipinski definition) is 4. The summed E-state index contributed by atoms with van der Waals surface area (Å²) in [5, 5.41) is 6.67. The summed E-state index contributed by atoms with van der Waals surface area (Å²) in [4.78, 5) is 20.3. The molecular weight excluding hydrogens is 661 g/mol. The Morgan fingerprint density at radius 3 is 1.20 bits per heavy atom. The maximum atomic E-state index is 5.12. The Balaban J connectivity index is 0.989. The van der Waals surface area contributed by atoms with Crippen LogP contribution in [0.15, 0.2) is 170 Å². The number of pyridine rings is 4. The van der Waals surface area contributed by atoms with E-state index in [2.05, 4.69) is 154 Å². The normalized spacial score (nSPS) is 12.1. The fourth-order valence-electron chi connectivity index (χ4n) is 8.44. The van der Waals surface area contributed by atoms with Crippen LogP contribution in [0.5, 0.6) is 0 Å². The lowest BCUT2D eigenvalue weighted by atomic mass is 9.97. The summed E-state index contributed by atoms with van der Waals surface area (Å²) in [7, 11) is 0. The molecule has 0 fully saturated rings. The number of fused-ring (bicyclic) bond motifs is 16. The van der Waals surface area contributed by atoms with Crippen LogP contribution in [0.25, 0.3) is 110 Å². The van der Waals surface area contributed by atoms with Gasteiger partial charge in [-0.3, -0.25) is 18.8 Å². The van der Waals surface area contributed by atoms with E-state index in [1.54, 1.807) is 0 Å². The zero-order valence-electron chi connectivity index (χ0n) is 28.8. The summed E-state index contributed by atoms with van der Waals surface area (Å²) in [5.41, 5.74) is 14.4. The van der Waals surface area contributed by atoms with Gasteiger partial charge in [0.2, 0.25) is 0 Å². The second-order valence-electron chi connectivity index (χ2n) is 13.9. The van der Waals surface area contributed by atoms with Crippen LogP contribution in [0.3, 0.4) is 0 Å². The molecule has 0 saturated heterocycles. The molecule has 6 nitrogen and oxygen atoms in total. The van der Waals surface area contributed by atoms with Crippen molar-refractivity contribution in [3.63, 3.8) is 0 Å². The predicted octanol–water partition coefficient (Wildman–Crippen LogP) is 11.7. The minimum Gasteiger partial charge on any atom is -0.292 e. The fraction of sp³-hybridized carbons (Fsp3) is 0. The number of rotatable bonds is 3. The first-order valence-electron chi connectivity index (χ1n) is 18.1. The SMILES string of the molecule is c1cc(-c2cccc(-c3cc4c(cn3)c3ccccc3n3c5ccccc5nc43)c2)cc(-c2cc3c(cn2)c2ccccc2n2c4ccccc4nc32)c1. The quantitative estimate of drug-likeness (QED) is 0.173. The minimum absolute atomic E-state index is 0.907. The molecule has 6 heterocycles. The van der Waals surface area contributed by atoms with Gasteiger partial charge in [0.25, 0.3) is 0 Å². The molecule has 0 aliphatic carbocycles. The standard InChI is InChI=1S/C48H28N6/c1-5-19-43-33(15-1)37-27-49-41(25-35(37)47-51-39-17-3-7-21-45(39)53(43)47)31-13-9-11-29(23-31)30-12-10-14-32(24-30)42-26-36-38(28-50-42)34-16-2-6-20-44(34)54-46-22-8-4-18-40(46)52-48(36)54/h1-28H. The first-order chi connectivity index (χ1) is 26.8. The van der Waals surface area contributed by atoms with Crippen LogP contribution >= 0.6 is 0 Å². The Hall–Kier alpha value is -7.44. The predicted molar refractivity (Wildman–Crippen MR) is 221 cm³/mol. The lowest BCUT2D eigenvalue weighted by Gasteiger charge is -2.12. The highest BCUT2D eigenvalue weighted by Gasteiger charge is 2.17. The molecule has 6 aromatic carbocycles. The van der Waals surface area contributed by atoms with Crippen LogP contribution in [0.1, 0.15) is 0 Å². The highest BCUT2D eigenvalue weighted by atomic mass is 15.0. The van der Waals surface area contributed by atoms with Crippen molar-refractivity contribution in [1.82, 2.24) is 28.7 Å². The summed E-state index contributed by atoms with van der Waals surface area (Å²) in [6.45, 7) is 0. The molecule has 6 aromatic heterocycles. The zero-order valence-corrected chi connectivity index (χ0v) is 28.8. The van der Waals surface area contributed by atoms with Crippen molar-refractivity contribution in [3.05, 3.63) is 170 Å². The Labute approximate surface area is 308 Å². The van der Waals surface area contributed by atoms with Crippen molar-refractivity contribution in [3.8, 4) is 33.6 Å². The lowest BCUT2D eigenvalue weighted by molar-refractivity contribution is 1.30. The van der Waals surface area contributed by atoms with Crippen LogP contribution < -0.4 is 0 Å². The zero-order chi connectivity index (χ0) is 35.3. The van der Waals surface area contributed by atoms with Crippen LogP contribution in [0, 0.1) is 0 Å². The number of imidazole rings is 2. The van der Waals surface area contributed by atoms with E-state index in [4.69, 9.17) is 19.9 Å². The van der Waals surface area contributed by atoms with Gasteiger partial charge in [-0.1, -0.05) is 97.1 Å². The van der Waals surface area contributed by atoms with Gasteiger partial charge in [-0.15, -0.1) is 0 Å². The van der Waals surface area contributed by atoms with Crippen LogP contribution in [0.2, 0.25) is 0 Å². The van der Waals surface area contributed by atoms with Gasteiger partial charge in [0.15, 0.2) is 0 Å². The van der Waals surface area contributed by atoms with Gasteiger partial charge in [0.05, 0.1) is 44.5 Å². The molecule has 0 amide bonds. The number of hydrogen-bond donors (Lipinski definition) is 0. The molecule has 0 aliphatic heterocycles. The third-order valence-electron chi connectivity index (χ3n) is 10.9. The maximum Gasteiger partial charge on any atom is 0.146 e. The smallest absolute Gasteiger partial charge is 0.146 e. The number of benzene rings is 6. The summed E-state index contributed by atoms with van der Waals surface area (Å²) in [6, 6.07) is 55.4. The van der Waals surface area contributed by atoms with Crippen LogP contribution in [-0.2, 0) is 0 Å². The van der Waals surface area contributed by atoms with Gasteiger partial charge in [0, 0.05) is 55.8 Å². The van der Waals surface area contributed by atoms with Gasteiger partial charge in [-0.2, -0.15) is 0 Å². The van der Waals surface area contributed by atoms with Gasteiger partial charge < -0.3 is 0 Å². The van der Waals surface area contributed by atoms with E-state index in [-0.39, 0.29) is 0 Å². The second kappa shape index (κ2) is 11.0. The summed E-state index contributed by atoms with van der Waals surface area (Å²) in [6.07, 6.45) is 4.02. The Morgan fingerprint density at radius 1 is 0.315 bits per heavy atom. The largest absolute Gasteiger partial charge is 0.292 e. The third kappa shape index (κ3) is 4.16. The van der Waals surface area contributed by atoms with Crippen molar-refractivity contribution in [1.29, 1.82) is 0 Å². The van der Waals surface area contributed by atoms with E-state index in [1.165, 1.54) is 0 Å². The molecule has 0 N–H and O–H groups in total. The van der Waals surface area contributed by atoms with E-state index in [1.807, 2.05) is 24.5 Å². The topological polar surface area (TPSA) is 60.4 Å². The van der Waals surface area contributed by atoms with Crippen molar-refractivity contribution < 1.29 is 0 Å². The van der Waals surface area contributed by atoms with Crippen molar-refractivity contribution in [2.45, 2.75) is 0 Å². The molecule has 0 unspecified atom stereocenters. The lowest BCUT2D eigenvalue weighted by Crippen LogP contribution is -1.94. The molecule has 0 saturated carbocycles. The average Bonchev–Trinajstić information content (AvgIpc) is 3.84. The Morgan fingerprint density at radius 2 is 0.722 bits per heavy atom. The summed E-state index contributed by atoms with van der Waals surface area (Å²) >= 11 is 0. The van der Waals surface area contributed by atoms with E-state index in [0.717, 1.165) is 110 Å². The van der Waals surface area contributed by atoms with Gasteiger partial charge in [-0.25, -0.2) is 9.97 Å². The number of aromatic nitrogens is 6. The molecule has 6 heteroatoms. The third-order valence-corrected chi connectivity index (χ3v) is 10.9. The van der Waals surface area contributed by atoms with Crippen LogP contribution in [0.4, 0.5) is 0 Å². The molecule has 12 aromatic rings. The molecule has 0 radical (unpaired) electrons. The second-order valence-corrected chi connectivity index (χ2v) is 13.9. The molecule has 0 aliphatic rings. The minimum atomic E-state index is 0.907. The fourth-order valence-corrected chi connectivity index (χ4v) is 8.44. The van der Waals surface area contributed by atoms with Crippen LogP contribution in [-0.4, -0.2) is 28.7 Å². The van der Waals surface area contributed by atoms with Crippen molar-refractivity contribution >= 4 is 76.7 Å². The molecule has 12 rings (SSSR count). The number of para-hydroxylation sites is 6. The van der Waals surface area contributed by atoms with Gasteiger partial charge in [-0.05, 0) is 71.8 Å². The Bertz CT molecular complexity index is 3290.